The quantitative estimate of drug-likeness (QED) is 0.784. The molecule has 1 heterocycles. The highest BCUT2D eigenvalue weighted by Gasteiger charge is 2.23. The number of hydrogen-bond donors (Lipinski definition) is 0. The molecule has 0 bridgehead atoms. The topological polar surface area (TPSA) is 38.8 Å². The summed E-state index contributed by atoms with van der Waals surface area (Å²) < 4.78 is 11.4. The Hall–Kier alpha value is -1.42. The van der Waals surface area contributed by atoms with Crippen LogP contribution in [0.2, 0.25) is 0 Å². The highest BCUT2D eigenvalue weighted by molar-refractivity contribution is 6.18. The summed E-state index contributed by atoms with van der Waals surface area (Å²) in [6.45, 7) is 0.958. The van der Waals surface area contributed by atoms with Crippen LogP contribution in [0.25, 0.3) is 0 Å². The van der Waals surface area contributed by atoms with Gasteiger partial charge in [-0.25, -0.2) is 0 Å². The van der Waals surface area contributed by atoms with Gasteiger partial charge in [-0.15, -0.1) is 11.6 Å². The van der Waals surface area contributed by atoms with E-state index in [1.54, 1.807) is 11.9 Å². The molecule has 0 radical (unpaired) electrons. The van der Waals surface area contributed by atoms with Crippen LogP contribution in [0.1, 0.15) is 6.42 Å². The highest BCUT2D eigenvalue weighted by atomic mass is 35.5. The number of nitrogens with zero attached hydrogens (tertiary/aromatic N) is 1. The van der Waals surface area contributed by atoms with Crippen LogP contribution in [0.4, 0.5) is 0 Å². The first-order valence-electron chi connectivity index (χ1n) is 5.89. The molecule has 1 aliphatic heterocycles. The predicted molar refractivity (Wildman–Crippen MR) is 69.3 cm³/mol. The largest absolute Gasteiger partial charge is 0.486 e. The summed E-state index contributed by atoms with van der Waals surface area (Å²) in [4.78, 5) is 13.2. The Labute approximate surface area is 111 Å². The third kappa shape index (κ3) is 3.07. The van der Waals surface area contributed by atoms with Crippen LogP contribution in [0, 0.1) is 0 Å². The van der Waals surface area contributed by atoms with Crippen molar-refractivity contribution < 1.29 is 14.3 Å². The van der Waals surface area contributed by atoms with E-state index in [9.17, 15) is 4.79 Å². The van der Waals surface area contributed by atoms with E-state index in [0.29, 0.717) is 25.5 Å². The van der Waals surface area contributed by atoms with Crippen LogP contribution in [-0.2, 0) is 4.79 Å². The van der Waals surface area contributed by atoms with Crippen molar-refractivity contribution in [1.29, 1.82) is 0 Å². The number of amides is 1. The molecule has 0 saturated heterocycles. The summed E-state index contributed by atoms with van der Waals surface area (Å²) in [5.74, 6) is 1.84. The maximum Gasteiger partial charge on any atom is 0.223 e. The normalized spacial score (nSPS) is 17.3. The van der Waals surface area contributed by atoms with E-state index in [-0.39, 0.29) is 12.0 Å². The molecule has 0 N–H and O–H groups in total. The van der Waals surface area contributed by atoms with E-state index < -0.39 is 0 Å². The first kappa shape index (κ1) is 13.0. The van der Waals surface area contributed by atoms with Gasteiger partial charge < -0.3 is 14.4 Å². The lowest BCUT2D eigenvalue weighted by Crippen LogP contribution is -2.41. The number of ether oxygens (including phenoxy) is 2. The van der Waals surface area contributed by atoms with Crippen LogP contribution < -0.4 is 9.47 Å². The van der Waals surface area contributed by atoms with Crippen molar-refractivity contribution in [2.24, 2.45) is 0 Å². The Bertz CT molecular complexity index is 424. The van der Waals surface area contributed by atoms with Crippen molar-refractivity contribution in [3.63, 3.8) is 0 Å². The van der Waals surface area contributed by atoms with Crippen LogP contribution >= 0.6 is 11.6 Å². The standard InChI is InChI=1S/C13H16ClNO3/c1-15(13(16)6-7-14)8-10-9-17-11-4-2-3-5-12(11)18-10/h2-5,10H,6-9H2,1H3. The molecule has 1 amide bonds. The molecule has 0 aliphatic carbocycles. The molecule has 2 rings (SSSR count). The van der Waals surface area contributed by atoms with E-state index in [0.717, 1.165) is 11.5 Å². The third-order valence-electron chi connectivity index (χ3n) is 2.78. The number of benzene rings is 1. The minimum atomic E-state index is -0.135. The highest BCUT2D eigenvalue weighted by Crippen LogP contribution is 2.30. The summed E-state index contributed by atoms with van der Waals surface area (Å²) in [5.41, 5.74) is 0. The molecule has 98 valence electrons. The second-order valence-electron chi connectivity index (χ2n) is 4.21. The van der Waals surface area contributed by atoms with Crippen LogP contribution in [0.3, 0.4) is 0 Å². The molecular formula is C13H16ClNO3. The Morgan fingerprint density at radius 2 is 2.17 bits per heavy atom. The molecular weight excluding hydrogens is 254 g/mol. The van der Waals surface area contributed by atoms with Crippen molar-refractivity contribution in [3.05, 3.63) is 24.3 Å². The molecule has 1 aromatic carbocycles. The first-order valence-corrected chi connectivity index (χ1v) is 6.42. The number of rotatable bonds is 4. The van der Waals surface area contributed by atoms with Gasteiger partial charge in [0.15, 0.2) is 17.6 Å². The predicted octanol–water partition coefficient (Wildman–Crippen LogP) is 1.91. The maximum atomic E-state index is 11.6. The number of carbonyl (C=O) groups excluding carboxylic acids is 1. The van der Waals surface area contributed by atoms with Gasteiger partial charge >= 0.3 is 0 Å². The van der Waals surface area contributed by atoms with Gasteiger partial charge in [-0.05, 0) is 12.1 Å². The number of carbonyl (C=O) groups is 1. The van der Waals surface area contributed by atoms with Gasteiger partial charge in [0, 0.05) is 19.3 Å². The monoisotopic (exact) mass is 269 g/mol. The van der Waals surface area contributed by atoms with E-state index >= 15 is 0 Å². The van der Waals surface area contributed by atoms with Crippen LogP contribution in [0.5, 0.6) is 11.5 Å². The van der Waals surface area contributed by atoms with E-state index in [4.69, 9.17) is 21.1 Å². The molecule has 1 aliphatic rings. The Morgan fingerprint density at radius 1 is 1.44 bits per heavy atom. The molecule has 4 nitrogen and oxygen atoms in total. The summed E-state index contributed by atoms with van der Waals surface area (Å²) in [7, 11) is 1.75. The van der Waals surface area contributed by atoms with Crippen molar-refractivity contribution >= 4 is 17.5 Å². The fourth-order valence-electron chi connectivity index (χ4n) is 1.83. The zero-order valence-corrected chi connectivity index (χ0v) is 11.0. The summed E-state index contributed by atoms with van der Waals surface area (Å²) in [5, 5.41) is 0. The number of hydrogen-bond acceptors (Lipinski definition) is 3. The van der Waals surface area contributed by atoms with Crippen LogP contribution in [-0.4, -0.2) is 43.0 Å². The van der Waals surface area contributed by atoms with Crippen molar-refractivity contribution in [3.8, 4) is 11.5 Å². The van der Waals surface area contributed by atoms with Crippen molar-refractivity contribution in [2.45, 2.75) is 12.5 Å². The van der Waals surface area contributed by atoms with Gasteiger partial charge in [0.25, 0.3) is 0 Å². The second kappa shape index (κ2) is 5.96. The van der Waals surface area contributed by atoms with Crippen LogP contribution in [0.15, 0.2) is 24.3 Å². The van der Waals surface area contributed by atoms with Gasteiger partial charge in [-0.2, -0.15) is 0 Å². The average Bonchev–Trinajstić information content (AvgIpc) is 2.39. The second-order valence-corrected chi connectivity index (χ2v) is 4.59. The van der Waals surface area contributed by atoms with Gasteiger partial charge in [-0.1, -0.05) is 12.1 Å². The van der Waals surface area contributed by atoms with Gasteiger partial charge in [0.1, 0.15) is 6.61 Å². The number of alkyl halides is 1. The number of fused-ring (bicyclic) bond motifs is 1. The lowest BCUT2D eigenvalue weighted by Gasteiger charge is -2.29. The number of likely N-dealkylation sites (N-methyl/N-ethyl adjacent to an activating group) is 1. The van der Waals surface area contributed by atoms with Crippen molar-refractivity contribution in [1.82, 2.24) is 4.90 Å². The lowest BCUT2D eigenvalue weighted by atomic mass is 10.2. The zero-order valence-electron chi connectivity index (χ0n) is 10.3. The lowest BCUT2D eigenvalue weighted by molar-refractivity contribution is -0.130. The van der Waals surface area contributed by atoms with E-state index in [1.807, 2.05) is 24.3 Å². The Morgan fingerprint density at radius 3 is 2.89 bits per heavy atom. The maximum absolute atomic E-state index is 11.6. The fraction of sp³-hybridized carbons (Fsp3) is 0.462. The number of para-hydroxylation sites is 2. The smallest absolute Gasteiger partial charge is 0.223 e. The van der Waals surface area contributed by atoms with Gasteiger partial charge in [-0.3, -0.25) is 4.79 Å². The SMILES string of the molecule is CN(CC1COc2ccccc2O1)C(=O)CCCl. The van der Waals surface area contributed by atoms with E-state index in [2.05, 4.69) is 0 Å². The number of halogens is 1. The molecule has 18 heavy (non-hydrogen) atoms. The Kier molecular flexibility index (Phi) is 4.31. The van der Waals surface area contributed by atoms with Crippen molar-refractivity contribution in [2.75, 3.05) is 26.1 Å². The molecule has 1 atom stereocenters. The molecule has 0 spiro atoms. The third-order valence-corrected chi connectivity index (χ3v) is 2.97. The van der Waals surface area contributed by atoms with Gasteiger partial charge in [0.2, 0.25) is 5.91 Å². The first-order chi connectivity index (χ1) is 8.70. The molecule has 5 heteroatoms. The van der Waals surface area contributed by atoms with Gasteiger partial charge in [0.05, 0.1) is 6.54 Å². The van der Waals surface area contributed by atoms with E-state index in [1.165, 1.54) is 0 Å². The average molecular weight is 270 g/mol. The molecule has 0 fully saturated rings. The molecule has 0 aromatic heterocycles. The minimum absolute atomic E-state index is 0.0208. The molecule has 0 saturated carbocycles. The minimum Gasteiger partial charge on any atom is -0.486 e. The molecule has 1 unspecified atom stereocenters. The fourth-order valence-corrected chi connectivity index (χ4v) is 1.99. The Balaban J connectivity index is 1.91. The summed E-state index contributed by atoms with van der Waals surface area (Å²) in [6.07, 6.45) is 0.214. The molecule has 1 aromatic rings. The summed E-state index contributed by atoms with van der Waals surface area (Å²) >= 11 is 5.55. The zero-order chi connectivity index (χ0) is 13.0. The summed E-state index contributed by atoms with van der Waals surface area (Å²) in [6, 6.07) is 7.53.